The van der Waals surface area contributed by atoms with E-state index in [1.807, 2.05) is 13.8 Å². The molecule has 3 aromatic rings. The summed E-state index contributed by atoms with van der Waals surface area (Å²) in [7, 11) is -4.26. The minimum atomic E-state index is -4.26. The van der Waals surface area contributed by atoms with Gasteiger partial charge < -0.3 is 10.2 Å². The number of carbonyl (C=O) groups excluding carboxylic acids is 2. The number of sulfonamides is 1. The van der Waals surface area contributed by atoms with Crippen molar-refractivity contribution in [1.82, 2.24) is 10.2 Å². The molecule has 0 radical (unpaired) electrons. The van der Waals surface area contributed by atoms with Gasteiger partial charge in [-0.1, -0.05) is 84.0 Å². The van der Waals surface area contributed by atoms with Gasteiger partial charge in [0, 0.05) is 33.2 Å². The molecule has 0 aliphatic heterocycles. The first-order valence-corrected chi connectivity index (χ1v) is 15.9. The molecule has 0 saturated carbocycles. The first-order chi connectivity index (χ1) is 19.4. The number of rotatable bonds is 12. The Labute approximate surface area is 261 Å². The summed E-state index contributed by atoms with van der Waals surface area (Å²) < 4.78 is 28.8. The van der Waals surface area contributed by atoms with Crippen LogP contribution in [-0.2, 0) is 26.2 Å². The summed E-state index contributed by atoms with van der Waals surface area (Å²) in [5.74, 6) is -0.979. The summed E-state index contributed by atoms with van der Waals surface area (Å²) in [4.78, 5) is 28.6. The van der Waals surface area contributed by atoms with Crippen molar-refractivity contribution >= 4 is 73.9 Å². The van der Waals surface area contributed by atoms with Gasteiger partial charge in [-0.15, -0.1) is 0 Å². The number of benzene rings is 3. The maximum atomic E-state index is 14.1. The summed E-state index contributed by atoms with van der Waals surface area (Å²) >= 11 is 25.0. The Bertz CT molecular complexity index is 1480. The number of amides is 2. The van der Waals surface area contributed by atoms with Gasteiger partial charge in [0.15, 0.2) is 0 Å². The van der Waals surface area contributed by atoms with Crippen LogP contribution >= 0.6 is 46.4 Å². The molecule has 0 heterocycles. The van der Waals surface area contributed by atoms with Crippen molar-refractivity contribution in [2.45, 2.75) is 51.1 Å². The van der Waals surface area contributed by atoms with E-state index >= 15 is 0 Å². The quantitative estimate of drug-likeness (QED) is 0.224. The van der Waals surface area contributed by atoms with Crippen LogP contribution in [0.25, 0.3) is 0 Å². The van der Waals surface area contributed by atoms with Crippen molar-refractivity contribution in [1.29, 1.82) is 0 Å². The van der Waals surface area contributed by atoms with E-state index in [2.05, 4.69) is 5.32 Å². The zero-order valence-corrected chi connectivity index (χ0v) is 26.7. The highest BCUT2D eigenvalue weighted by Gasteiger charge is 2.34. The zero-order valence-electron chi connectivity index (χ0n) is 22.8. The average Bonchev–Trinajstić information content (AvgIpc) is 2.91. The van der Waals surface area contributed by atoms with Crippen LogP contribution in [0.15, 0.2) is 65.6 Å². The standard InChI is InChI=1S/C29H31Cl4N3O4S/c1-4-12-34-29(38)27(5-2)35(17-20-8-9-21(30)16-26(20)33)28(37)18-36(24-14-22(31)13-23(32)15-24)41(39,40)25-10-6-19(3)7-11-25/h6-11,13-16,27H,4-5,12,17-18H2,1-3H3,(H,34,38). The van der Waals surface area contributed by atoms with Crippen LogP contribution < -0.4 is 9.62 Å². The summed E-state index contributed by atoms with van der Waals surface area (Å²) in [6.45, 7) is 5.27. The Morgan fingerprint density at radius 1 is 0.878 bits per heavy atom. The van der Waals surface area contributed by atoms with Crippen LogP contribution in [0.3, 0.4) is 0 Å². The van der Waals surface area contributed by atoms with Gasteiger partial charge >= 0.3 is 0 Å². The number of hydrogen-bond donors (Lipinski definition) is 1. The van der Waals surface area contributed by atoms with Crippen molar-refractivity contribution in [3.8, 4) is 0 Å². The van der Waals surface area contributed by atoms with Crippen molar-refractivity contribution in [3.05, 3.63) is 91.9 Å². The Morgan fingerprint density at radius 3 is 2.07 bits per heavy atom. The van der Waals surface area contributed by atoms with Crippen LogP contribution in [0.1, 0.15) is 37.8 Å². The van der Waals surface area contributed by atoms with Gasteiger partial charge in [0.25, 0.3) is 10.0 Å². The monoisotopic (exact) mass is 657 g/mol. The number of halogens is 4. The number of nitrogens with one attached hydrogen (secondary N) is 1. The lowest BCUT2D eigenvalue weighted by atomic mass is 10.1. The highest BCUT2D eigenvalue weighted by molar-refractivity contribution is 7.92. The predicted molar refractivity (Wildman–Crippen MR) is 167 cm³/mol. The number of anilines is 1. The molecule has 220 valence electrons. The Balaban J connectivity index is 2.11. The first kappa shape index (κ1) is 33.0. The molecule has 41 heavy (non-hydrogen) atoms. The molecule has 0 saturated heterocycles. The van der Waals surface area contributed by atoms with E-state index in [1.54, 1.807) is 37.3 Å². The second-order valence-corrected chi connectivity index (χ2v) is 13.0. The SMILES string of the molecule is CCCNC(=O)C(CC)N(Cc1ccc(Cl)cc1Cl)C(=O)CN(c1cc(Cl)cc(Cl)c1)S(=O)(=O)c1ccc(C)cc1. The number of nitrogens with zero attached hydrogens (tertiary/aromatic N) is 2. The summed E-state index contributed by atoms with van der Waals surface area (Å²) in [6.07, 6.45) is 0.984. The molecule has 7 nitrogen and oxygen atoms in total. The van der Waals surface area contributed by atoms with E-state index < -0.39 is 28.5 Å². The maximum absolute atomic E-state index is 14.1. The van der Waals surface area contributed by atoms with E-state index in [1.165, 1.54) is 35.2 Å². The van der Waals surface area contributed by atoms with Crippen LogP contribution in [0.4, 0.5) is 5.69 Å². The molecule has 2 amide bonds. The molecular formula is C29H31Cl4N3O4S. The van der Waals surface area contributed by atoms with Crippen molar-refractivity contribution < 1.29 is 18.0 Å². The topological polar surface area (TPSA) is 86.8 Å². The molecule has 0 aromatic heterocycles. The molecule has 1 atom stereocenters. The molecule has 0 fully saturated rings. The molecule has 0 spiro atoms. The summed E-state index contributed by atoms with van der Waals surface area (Å²) in [6, 6.07) is 14.5. The fourth-order valence-electron chi connectivity index (χ4n) is 4.17. The zero-order chi connectivity index (χ0) is 30.3. The third-order valence-electron chi connectivity index (χ3n) is 6.31. The largest absolute Gasteiger partial charge is 0.354 e. The Kier molecular flexibility index (Phi) is 11.8. The fraction of sp³-hybridized carbons (Fsp3) is 0.310. The molecule has 12 heteroatoms. The lowest BCUT2D eigenvalue weighted by Crippen LogP contribution is -2.52. The fourth-order valence-corrected chi connectivity index (χ4v) is 6.55. The molecule has 3 aromatic carbocycles. The van der Waals surface area contributed by atoms with Gasteiger partial charge in [-0.05, 0) is 67.8 Å². The average molecular weight is 659 g/mol. The third-order valence-corrected chi connectivity index (χ3v) is 9.13. The summed E-state index contributed by atoms with van der Waals surface area (Å²) in [5, 5.41) is 3.95. The van der Waals surface area contributed by atoms with Gasteiger partial charge in [-0.25, -0.2) is 8.42 Å². The number of aryl methyl sites for hydroxylation is 1. The van der Waals surface area contributed by atoms with Gasteiger partial charge in [0.1, 0.15) is 12.6 Å². The molecule has 3 rings (SSSR count). The second kappa shape index (κ2) is 14.6. The van der Waals surface area contributed by atoms with E-state index in [4.69, 9.17) is 46.4 Å². The summed E-state index contributed by atoms with van der Waals surface area (Å²) in [5.41, 5.74) is 1.52. The molecule has 0 aliphatic carbocycles. The van der Waals surface area contributed by atoms with Gasteiger partial charge in [0.2, 0.25) is 11.8 Å². The highest BCUT2D eigenvalue weighted by Crippen LogP contribution is 2.31. The van der Waals surface area contributed by atoms with Crippen LogP contribution in [0, 0.1) is 6.92 Å². The first-order valence-electron chi connectivity index (χ1n) is 12.9. The van der Waals surface area contributed by atoms with E-state index in [0.29, 0.717) is 28.6 Å². The lowest BCUT2D eigenvalue weighted by Gasteiger charge is -2.33. The van der Waals surface area contributed by atoms with Crippen LogP contribution in [0.2, 0.25) is 20.1 Å². The van der Waals surface area contributed by atoms with Crippen molar-refractivity contribution in [3.63, 3.8) is 0 Å². The highest BCUT2D eigenvalue weighted by atomic mass is 35.5. The van der Waals surface area contributed by atoms with Gasteiger partial charge in [0.05, 0.1) is 10.6 Å². The second-order valence-electron chi connectivity index (χ2n) is 9.42. The molecule has 0 bridgehead atoms. The van der Waals surface area contributed by atoms with Crippen molar-refractivity contribution in [2.75, 3.05) is 17.4 Å². The Hall–Kier alpha value is -2.49. The number of hydrogen-bond acceptors (Lipinski definition) is 4. The lowest BCUT2D eigenvalue weighted by molar-refractivity contribution is -0.140. The molecular weight excluding hydrogens is 628 g/mol. The number of carbonyl (C=O) groups is 2. The normalized spacial score (nSPS) is 12.1. The third kappa shape index (κ3) is 8.52. The smallest absolute Gasteiger partial charge is 0.264 e. The van der Waals surface area contributed by atoms with Gasteiger partial charge in [-0.3, -0.25) is 13.9 Å². The molecule has 1 N–H and O–H groups in total. The van der Waals surface area contributed by atoms with E-state index in [9.17, 15) is 18.0 Å². The Morgan fingerprint density at radius 2 is 1.51 bits per heavy atom. The van der Waals surface area contributed by atoms with Crippen LogP contribution in [-0.4, -0.2) is 44.3 Å². The van der Waals surface area contributed by atoms with Crippen LogP contribution in [0.5, 0.6) is 0 Å². The minimum absolute atomic E-state index is 0.0213. The minimum Gasteiger partial charge on any atom is -0.354 e. The molecule has 1 unspecified atom stereocenters. The van der Waals surface area contributed by atoms with Crippen molar-refractivity contribution in [2.24, 2.45) is 0 Å². The van der Waals surface area contributed by atoms with E-state index in [0.717, 1.165) is 9.87 Å². The predicted octanol–water partition coefficient (Wildman–Crippen LogP) is 7.14. The van der Waals surface area contributed by atoms with E-state index in [-0.39, 0.29) is 39.5 Å². The van der Waals surface area contributed by atoms with Gasteiger partial charge in [-0.2, -0.15) is 0 Å². The molecule has 0 aliphatic rings. The maximum Gasteiger partial charge on any atom is 0.264 e.